The maximum atomic E-state index is 5.06. The molecule has 6 nitrogen and oxygen atoms in total. The van der Waals surface area contributed by atoms with Crippen LogP contribution in [0.5, 0.6) is 0 Å². The van der Waals surface area contributed by atoms with Gasteiger partial charge < -0.3 is 0 Å². The summed E-state index contributed by atoms with van der Waals surface area (Å²) in [6.07, 6.45) is 3.29. The Balaban J connectivity index is 2.01. The lowest BCUT2D eigenvalue weighted by atomic mass is 10.2. The zero-order valence-corrected chi connectivity index (χ0v) is 12.5. The fourth-order valence-electron chi connectivity index (χ4n) is 2.11. The van der Waals surface area contributed by atoms with Crippen LogP contribution in [0.2, 0.25) is 0 Å². The Bertz CT molecular complexity index is 840. The van der Waals surface area contributed by atoms with Gasteiger partial charge in [-0.15, -0.1) is 0 Å². The maximum Gasteiger partial charge on any atom is 0.216 e. The molecule has 1 aromatic carbocycles. The molecular formula is C14H14N6S. The van der Waals surface area contributed by atoms with E-state index in [2.05, 4.69) is 20.4 Å². The topological polar surface area (TPSA) is 63.8 Å². The fraction of sp³-hybridized carbons (Fsp3) is 0.143. The molecule has 0 saturated carbocycles. The van der Waals surface area contributed by atoms with E-state index in [1.807, 2.05) is 48.9 Å². The van der Waals surface area contributed by atoms with Gasteiger partial charge in [0, 0.05) is 5.56 Å². The lowest BCUT2D eigenvalue weighted by Gasteiger charge is -2.03. The van der Waals surface area contributed by atoms with Gasteiger partial charge >= 0.3 is 0 Å². The smallest absolute Gasteiger partial charge is 0.216 e. The predicted molar refractivity (Wildman–Crippen MR) is 83.4 cm³/mol. The van der Waals surface area contributed by atoms with Crippen LogP contribution in [0.1, 0.15) is 17.0 Å². The fourth-order valence-corrected chi connectivity index (χ4v) is 2.25. The van der Waals surface area contributed by atoms with Crippen LogP contribution in [0.25, 0.3) is 5.69 Å². The number of nitrogens with zero attached hydrogens (tertiary/aromatic N) is 5. The van der Waals surface area contributed by atoms with Crippen molar-refractivity contribution in [2.45, 2.75) is 13.8 Å². The van der Waals surface area contributed by atoms with Gasteiger partial charge in [0.15, 0.2) is 0 Å². The van der Waals surface area contributed by atoms with Crippen molar-refractivity contribution in [3.8, 4) is 5.69 Å². The molecule has 21 heavy (non-hydrogen) atoms. The third kappa shape index (κ3) is 2.55. The van der Waals surface area contributed by atoms with E-state index in [-0.39, 0.29) is 0 Å². The number of nitrogens with one attached hydrogen (secondary N) is 1. The first-order chi connectivity index (χ1) is 10.2. The lowest BCUT2D eigenvalue weighted by Crippen LogP contribution is -1.99. The standard InChI is InChI=1S/C14H14N6S/c1-10-13(8-16-19-9-15-17-14(19)21)11(2)20(18-10)12-6-4-3-5-7-12/h3-9H,1-2H3,(H,17,21)/b16-8-. The first kappa shape index (κ1) is 13.4. The van der Waals surface area contributed by atoms with Crippen molar-refractivity contribution in [3.05, 3.63) is 58.4 Å². The van der Waals surface area contributed by atoms with Crippen molar-refractivity contribution >= 4 is 18.4 Å². The molecule has 7 heteroatoms. The van der Waals surface area contributed by atoms with E-state index in [1.54, 1.807) is 6.21 Å². The molecule has 0 aliphatic carbocycles. The Morgan fingerprint density at radius 1 is 1.24 bits per heavy atom. The number of benzene rings is 1. The second kappa shape index (κ2) is 5.45. The van der Waals surface area contributed by atoms with Crippen LogP contribution in [-0.2, 0) is 0 Å². The molecule has 0 bridgehead atoms. The minimum atomic E-state index is 0.456. The molecular weight excluding hydrogens is 284 g/mol. The van der Waals surface area contributed by atoms with Crippen molar-refractivity contribution in [1.82, 2.24) is 24.7 Å². The molecule has 0 radical (unpaired) electrons. The van der Waals surface area contributed by atoms with E-state index in [0.29, 0.717) is 4.77 Å². The number of rotatable bonds is 3. The first-order valence-corrected chi connectivity index (χ1v) is 6.85. The molecule has 3 aromatic rings. The molecule has 1 N–H and O–H groups in total. The zero-order chi connectivity index (χ0) is 14.8. The van der Waals surface area contributed by atoms with Crippen molar-refractivity contribution in [2.75, 3.05) is 0 Å². The summed E-state index contributed by atoms with van der Waals surface area (Å²) in [6.45, 7) is 3.98. The van der Waals surface area contributed by atoms with Crippen LogP contribution in [0.15, 0.2) is 41.8 Å². The van der Waals surface area contributed by atoms with E-state index < -0.39 is 0 Å². The highest BCUT2D eigenvalue weighted by Crippen LogP contribution is 2.16. The monoisotopic (exact) mass is 298 g/mol. The number of H-pyrrole nitrogens is 1. The van der Waals surface area contributed by atoms with Crippen molar-refractivity contribution in [2.24, 2.45) is 5.10 Å². The number of aromatic nitrogens is 5. The molecule has 0 spiro atoms. The summed E-state index contributed by atoms with van der Waals surface area (Å²) in [5.74, 6) is 0. The van der Waals surface area contributed by atoms with E-state index in [9.17, 15) is 0 Å². The normalized spacial score (nSPS) is 11.3. The van der Waals surface area contributed by atoms with Gasteiger partial charge in [0.05, 0.1) is 23.3 Å². The minimum absolute atomic E-state index is 0.456. The number of aryl methyl sites for hydroxylation is 1. The maximum absolute atomic E-state index is 5.06. The number of para-hydroxylation sites is 1. The molecule has 2 aromatic heterocycles. The van der Waals surface area contributed by atoms with Gasteiger partial charge in [-0.3, -0.25) is 5.10 Å². The summed E-state index contributed by atoms with van der Waals surface area (Å²) in [7, 11) is 0. The highest BCUT2D eigenvalue weighted by Gasteiger charge is 2.10. The van der Waals surface area contributed by atoms with Crippen molar-refractivity contribution < 1.29 is 0 Å². The average Bonchev–Trinajstić information content (AvgIpc) is 3.02. The molecule has 0 amide bonds. The minimum Gasteiger partial charge on any atom is -0.250 e. The van der Waals surface area contributed by atoms with Gasteiger partial charge in [-0.25, -0.2) is 4.68 Å². The van der Waals surface area contributed by atoms with Gasteiger partial charge in [-0.1, -0.05) is 18.2 Å². The summed E-state index contributed by atoms with van der Waals surface area (Å²) in [4.78, 5) is 0. The molecule has 0 aliphatic rings. The molecule has 2 heterocycles. The predicted octanol–water partition coefficient (Wildman–Crippen LogP) is 2.63. The Kier molecular flexibility index (Phi) is 3.49. The SMILES string of the molecule is Cc1nn(-c2ccccc2)c(C)c1/C=N\n1cn[nH]c1=S. The number of aromatic amines is 1. The van der Waals surface area contributed by atoms with Crippen LogP contribution in [0.3, 0.4) is 0 Å². The first-order valence-electron chi connectivity index (χ1n) is 6.45. The Morgan fingerprint density at radius 2 is 2.00 bits per heavy atom. The van der Waals surface area contributed by atoms with Crippen LogP contribution < -0.4 is 0 Å². The van der Waals surface area contributed by atoms with Crippen molar-refractivity contribution in [1.29, 1.82) is 0 Å². The average molecular weight is 298 g/mol. The second-order valence-electron chi connectivity index (χ2n) is 4.58. The molecule has 0 aliphatic heterocycles. The Morgan fingerprint density at radius 3 is 2.67 bits per heavy atom. The molecule has 0 unspecified atom stereocenters. The molecule has 0 atom stereocenters. The van der Waals surface area contributed by atoms with Crippen LogP contribution in [-0.4, -0.2) is 30.9 Å². The number of hydrogen-bond acceptors (Lipinski definition) is 4. The Hall–Kier alpha value is -2.54. The summed E-state index contributed by atoms with van der Waals surface area (Å²) >= 11 is 5.06. The van der Waals surface area contributed by atoms with Gasteiger partial charge in [0.25, 0.3) is 0 Å². The van der Waals surface area contributed by atoms with Crippen molar-refractivity contribution in [3.63, 3.8) is 0 Å². The van der Waals surface area contributed by atoms with Gasteiger partial charge in [0.1, 0.15) is 6.33 Å². The molecule has 0 fully saturated rings. The largest absolute Gasteiger partial charge is 0.250 e. The van der Waals surface area contributed by atoms with E-state index >= 15 is 0 Å². The summed E-state index contributed by atoms with van der Waals surface area (Å²) in [5, 5.41) is 15.4. The third-order valence-corrected chi connectivity index (χ3v) is 3.47. The van der Waals surface area contributed by atoms with Gasteiger partial charge in [-0.2, -0.15) is 20.0 Å². The Labute approximate surface area is 126 Å². The van der Waals surface area contributed by atoms with Gasteiger partial charge in [-0.05, 0) is 38.2 Å². The van der Waals surface area contributed by atoms with Crippen LogP contribution >= 0.6 is 12.2 Å². The summed E-state index contributed by atoms with van der Waals surface area (Å²) < 4.78 is 3.87. The highest BCUT2D eigenvalue weighted by molar-refractivity contribution is 7.71. The third-order valence-electron chi connectivity index (χ3n) is 3.19. The lowest BCUT2D eigenvalue weighted by molar-refractivity contribution is 0.833. The zero-order valence-electron chi connectivity index (χ0n) is 11.7. The quantitative estimate of drug-likeness (QED) is 0.597. The van der Waals surface area contributed by atoms with E-state index in [1.165, 1.54) is 11.0 Å². The van der Waals surface area contributed by atoms with Crippen LogP contribution in [0.4, 0.5) is 0 Å². The van der Waals surface area contributed by atoms with E-state index in [4.69, 9.17) is 12.2 Å². The molecule has 3 rings (SSSR count). The van der Waals surface area contributed by atoms with Crippen LogP contribution in [0, 0.1) is 18.6 Å². The van der Waals surface area contributed by atoms with Gasteiger partial charge in [0.2, 0.25) is 4.77 Å². The highest BCUT2D eigenvalue weighted by atomic mass is 32.1. The summed E-state index contributed by atoms with van der Waals surface area (Å²) in [6, 6.07) is 10.0. The number of hydrogen-bond donors (Lipinski definition) is 1. The second-order valence-corrected chi connectivity index (χ2v) is 4.97. The van der Waals surface area contributed by atoms with E-state index in [0.717, 1.165) is 22.6 Å². The molecule has 0 saturated heterocycles. The molecule has 106 valence electrons. The summed E-state index contributed by atoms with van der Waals surface area (Å²) in [5.41, 5.74) is 3.94.